The average molecular weight is 372 g/mol. The zero-order valence-electron chi connectivity index (χ0n) is 11.8. The second-order valence-electron chi connectivity index (χ2n) is 5.33. The number of hydrogen-bond acceptors (Lipinski definition) is 4. The molecule has 0 aromatic heterocycles. The lowest BCUT2D eigenvalue weighted by Gasteiger charge is -2.38. The molecule has 1 aliphatic rings. The molecule has 1 heterocycles. The summed E-state index contributed by atoms with van der Waals surface area (Å²) in [6.07, 6.45) is 1.81. The Morgan fingerprint density at radius 3 is 2.81 bits per heavy atom. The molecule has 5 nitrogen and oxygen atoms in total. The summed E-state index contributed by atoms with van der Waals surface area (Å²) in [7, 11) is -3.64. The molecule has 7 heteroatoms. The number of piperidine rings is 1. The Morgan fingerprint density at radius 2 is 2.19 bits per heavy atom. The molecular weight excluding hydrogens is 354 g/mol. The minimum absolute atomic E-state index is 0.140. The summed E-state index contributed by atoms with van der Waals surface area (Å²) in [4.78, 5) is 0.140. The molecule has 2 unspecified atom stereocenters. The summed E-state index contributed by atoms with van der Waals surface area (Å²) in [5, 5.41) is 9.00. The molecule has 0 bridgehead atoms. The van der Waals surface area contributed by atoms with Crippen LogP contribution in [0.5, 0.6) is 0 Å². The van der Waals surface area contributed by atoms with Crippen molar-refractivity contribution in [2.75, 3.05) is 13.1 Å². The molecule has 21 heavy (non-hydrogen) atoms. The lowest BCUT2D eigenvalue weighted by molar-refractivity contribution is 0.192. The number of nitrogens with two attached hydrogens (primary N) is 1. The van der Waals surface area contributed by atoms with Crippen LogP contribution in [-0.4, -0.2) is 31.9 Å². The van der Waals surface area contributed by atoms with E-state index in [9.17, 15) is 8.42 Å². The van der Waals surface area contributed by atoms with E-state index in [1.807, 2.05) is 13.0 Å². The van der Waals surface area contributed by atoms with E-state index < -0.39 is 10.0 Å². The Labute approximate surface area is 133 Å². The highest BCUT2D eigenvalue weighted by atomic mass is 79.9. The highest BCUT2D eigenvalue weighted by Crippen LogP contribution is 2.30. The molecule has 1 fully saturated rings. The van der Waals surface area contributed by atoms with Crippen molar-refractivity contribution in [3.8, 4) is 6.07 Å². The maximum Gasteiger partial charge on any atom is 0.243 e. The normalized spacial score (nSPS) is 23.7. The van der Waals surface area contributed by atoms with Crippen LogP contribution in [0.4, 0.5) is 0 Å². The summed E-state index contributed by atoms with van der Waals surface area (Å²) in [5.41, 5.74) is 6.09. The fourth-order valence-corrected chi connectivity index (χ4v) is 5.26. The summed E-state index contributed by atoms with van der Waals surface area (Å²) < 4.78 is 27.8. The van der Waals surface area contributed by atoms with E-state index in [4.69, 9.17) is 11.0 Å². The number of nitriles is 1. The number of hydrogen-bond donors (Lipinski definition) is 1. The quantitative estimate of drug-likeness (QED) is 0.880. The summed E-state index contributed by atoms with van der Waals surface area (Å²) >= 11 is 3.26. The second-order valence-corrected chi connectivity index (χ2v) is 8.13. The molecule has 0 amide bonds. The van der Waals surface area contributed by atoms with Crippen LogP contribution >= 0.6 is 15.9 Å². The van der Waals surface area contributed by atoms with E-state index in [-0.39, 0.29) is 16.9 Å². The lowest BCUT2D eigenvalue weighted by Crippen LogP contribution is -2.51. The van der Waals surface area contributed by atoms with Crippen molar-refractivity contribution in [2.45, 2.75) is 30.7 Å². The Morgan fingerprint density at radius 1 is 1.48 bits per heavy atom. The van der Waals surface area contributed by atoms with Gasteiger partial charge in [0.25, 0.3) is 0 Å². The van der Waals surface area contributed by atoms with Crippen molar-refractivity contribution in [2.24, 2.45) is 11.7 Å². The van der Waals surface area contributed by atoms with Gasteiger partial charge in [-0.1, -0.05) is 22.9 Å². The molecular formula is C14H18BrN3O2S. The van der Waals surface area contributed by atoms with Gasteiger partial charge >= 0.3 is 0 Å². The number of rotatable bonds is 3. The maximum atomic E-state index is 12.9. The van der Waals surface area contributed by atoms with Crippen LogP contribution in [0.3, 0.4) is 0 Å². The van der Waals surface area contributed by atoms with Gasteiger partial charge in [0.05, 0.1) is 16.5 Å². The molecule has 1 saturated heterocycles. The monoisotopic (exact) mass is 371 g/mol. The predicted octanol–water partition coefficient (Wildman–Crippen LogP) is 2.07. The number of benzene rings is 1. The van der Waals surface area contributed by atoms with E-state index >= 15 is 0 Å². The number of sulfonamides is 1. The molecule has 0 aliphatic carbocycles. The number of halogens is 1. The van der Waals surface area contributed by atoms with Gasteiger partial charge in [0.1, 0.15) is 0 Å². The standard InChI is InChI=1S/C14H18BrN3O2S/c1-10-3-2-4-18(14(10)9-17)21(19,20)13-6-11(8-16)5-12(15)7-13/h5-7,10,14H,2-4,9,17H2,1H3. The van der Waals surface area contributed by atoms with Crippen molar-refractivity contribution >= 4 is 26.0 Å². The van der Waals surface area contributed by atoms with Gasteiger partial charge in [0.15, 0.2) is 0 Å². The van der Waals surface area contributed by atoms with Crippen LogP contribution < -0.4 is 5.73 Å². The number of nitrogens with zero attached hydrogens (tertiary/aromatic N) is 2. The Balaban J connectivity index is 2.46. The highest BCUT2D eigenvalue weighted by Gasteiger charge is 2.36. The van der Waals surface area contributed by atoms with Gasteiger partial charge in [-0.25, -0.2) is 8.42 Å². The first-order valence-corrected chi connectivity index (χ1v) is 9.06. The first-order chi connectivity index (χ1) is 9.90. The van der Waals surface area contributed by atoms with Gasteiger partial charge in [-0.2, -0.15) is 9.57 Å². The van der Waals surface area contributed by atoms with Crippen molar-refractivity contribution in [1.29, 1.82) is 5.26 Å². The third-order valence-corrected chi connectivity index (χ3v) is 6.27. The fraction of sp³-hybridized carbons (Fsp3) is 0.500. The summed E-state index contributed by atoms with van der Waals surface area (Å²) in [6.45, 7) is 2.81. The fourth-order valence-electron chi connectivity index (χ4n) is 2.77. The van der Waals surface area contributed by atoms with Crippen molar-refractivity contribution in [3.05, 3.63) is 28.2 Å². The van der Waals surface area contributed by atoms with Gasteiger partial charge < -0.3 is 5.73 Å². The van der Waals surface area contributed by atoms with Gasteiger partial charge in [-0.05, 0) is 37.0 Å². The molecule has 2 rings (SSSR count). The van der Waals surface area contributed by atoms with E-state index in [1.165, 1.54) is 16.4 Å². The molecule has 1 aliphatic heterocycles. The minimum atomic E-state index is -3.64. The van der Waals surface area contributed by atoms with Gasteiger partial charge in [-0.3, -0.25) is 0 Å². The maximum absolute atomic E-state index is 12.9. The topological polar surface area (TPSA) is 87.2 Å². The van der Waals surface area contributed by atoms with E-state index in [1.54, 1.807) is 6.07 Å². The highest BCUT2D eigenvalue weighted by molar-refractivity contribution is 9.10. The van der Waals surface area contributed by atoms with Crippen LogP contribution in [0, 0.1) is 17.2 Å². The summed E-state index contributed by atoms with van der Waals surface area (Å²) in [5.74, 6) is 0.237. The van der Waals surface area contributed by atoms with Gasteiger partial charge in [0.2, 0.25) is 10.0 Å². The van der Waals surface area contributed by atoms with E-state index in [0.717, 1.165) is 12.8 Å². The Hall–Kier alpha value is -0.940. The molecule has 114 valence electrons. The van der Waals surface area contributed by atoms with Crippen LogP contribution in [0.25, 0.3) is 0 Å². The van der Waals surface area contributed by atoms with E-state index in [2.05, 4.69) is 15.9 Å². The average Bonchev–Trinajstić information content (AvgIpc) is 2.46. The van der Waals surface area contributed by atoms with Crippen LogP contribution in [0.1, 0.15) is 25.3 Å². The molecule has 1 aromatic carbocycles. The molecule has 2 N–H and O–H groups in total. The third-order valence-electron chi connectivity index (χ3n) is 3.91. The first kappa shape index (κ1) is 16.4. The zero-order valence-corrected chi connectivity index (χ0v) is 14.2. The Bertz CT molecular complexity index is 669. The third kappa shape index (κ3) is 3.29. The van der Waals surface area contributed by atoms with Crippen LogP contribution in [0.15, 0.2) is 27.6 Å². The van der Waals surface area contributed by atoms with Crippen LogP contribution in [-0.2, 0) is 10.0 Å². The zero-order chi connectivity index (χ0) is 15.6. The Kier molecular flexibility index (Phi) is 5.04. The molecule has 1 aromatic rings. The second kappa shape index (κ2) is 6.44. The van der Waals surface area contributed by atoms with Gasteiger partial charge in [0, 0.05) is 23.6 Å². The SMILES string of the molecule is CC1CCCN(S(=O)(=O)c2cc(Br)cc(C#N)c2)C1CN. The molecule has 0 spiro atoms. The van der Waals surface area contributed by atoms with Crippen LogP contribution in [0.2, 0.25) is 0 Å². The van der Waals surface area contributed by atoms with E-state index in [0.29, 0.717) is 23.1 Å². The van der Waals surface area contributed by atoms with Crippen molar-refractivity contribution < 1.29 is 8.42 Å². The largest absolute Gasteiger partial charge is 0.329 e. The predicted molar refractivity (Wildman–Crippen MR) is 84.0 cm³/mol. The molecule has 2 atom stereocenters. The van der Waals surface area contributed by atoms with Gasteiger partial charge in [-0.15, -0.1) is 0 Å². The minimum Gasteiger partial charge on any atom is -0.329 e. The summed E-state index contributed by atoms with van der Waals surface area (Å²) in [6, 6.07) is 6.33. The lowest BCUT2D eigenvalue weighted by atomic mass is 9.93. The molecule has 0 radical (unpaired) electrons. The van der Waals surface area contributed by atoms with Crippen molar-refractivity contribution in [1.82, 2.24) is 4.31 Å². The first-order valence-electron chi connectivity index (χ1n) is 6.82. The molecule has 0 saturated carbocycles. The smallest absolute Gasteiger partial charge is 0.243 e. The van der Waals surface area contributed by atoms with Crippen molar-refractivity contribution in [3.63, 3.8) is 0 Å².